The minimum atomic E-state index is 0.0143. The van der Waals surface area contributed by atoms with E-state index in [-0.39, 0.29) is 12.3 Å². The molecule has 4 nitrogen and oxygen atoms in total. The smallest absolute Gasteiger partial charge is 0.184 e. The predicted octanol–water partition coefficient (Wildman–Crippen LogP) is 4.80. The van der Waals surface area contributed by atoms with Crippen molar-refractivity contribution in [3.8, 4) is 22.8 Å². The minimum absolute atomic E-state index is 0.0143. The van der Waals surface area contributed by atoms with Crippen molar-refractivity contribution in [2.75, 3.05) is 0 Å². The molecule has 0 aliphatic heterocycles. The van der Waals surface area contributed by atoms with Crippen LogP contribution in [0.3, 0.4) is 0 Å². The van der Waals surface area contributed by atoms with Crippen LogP contribution in [0.15, 0.2) is 84.9 Å². The zero-order valence-corrected chi connectivity index (χ0v) is 15.0. The molecule has 0 fully saturated rings. The van der Waals surface area contributed by atoms with Crippen molar-refractivity contribution in [2.24, 2.45) is 0 Å². The van der Waals surface area contributed by atoms with Gasteiger partial charge in [0.05, 0.1) is 0 Å². The number of nitrogens with zero attached hydrogens (tertiary/aromatic N) is 3. The Balaban J connectivity index is 1.74. The van der Waals surface area contributed by atoms with Crippen LogP contribution in [0.5, 0.6) is 0 Å². The molecule has 0 saturated heterocycles. The molecule has 0 amide bonds. The van der Waals surface area contributed by atoms with Crippen LogP contribution in [0.25, 0.3) is 22.8 Å². The number of carbonyl (C=O) groups is 1. The number of benzene rings is 3. The summed E-state index contributed by atoms with van der Waals surface area (Å²) in [4.78, 5) is 17.5. The minimum Gasteiger partial charge on any atom is -0.292 e. The predicted molar refractivity (Wildman–Crippen MR) is 106 cm³/mol. The van der Waals surface area contributed by atoms with Crippen LogP contribution in [0.2, 0.25) is 0 Å². The molecule has 0 N–H and O–H groups in total. The molecular weight excluding hydrogens is 334 g/mol. The first-order chi connectivity index (χ1) is 13.2. The lowest BCUT2D eigenvalue weighted by Gasteiger charge is -2.06. The number of aromatic nitrogens is 3. The van der Waals surface area contributed by atoms with Crippen molar-refractivity contribution in [3.63, 3.8) is 0 Å². The lowest BCUT2D eigenvalue weighted by Crippen LogP contribution is -2.13. The molecule has 4 heteroatoms. The van der Waals surface area contributed by atoms with E-state index >= 15 is 0 Å². The highest BCUT2D eigenvalue weighted by Gasteiger charge is 2.16. The maximum atomic E-state index is 12.8. The number of ketones is 1. The average molecular weight is 353 g/mol. The highest BCUT2D eigenvalue weighted by molar-refractivity contribution is 5.96. The van der Waals surface area contributed by atoms with Gasteiger partial charge in [-0.15, -0.1) is 5.10 Å². The Morgan fingerprint density at radius 2 is 1.52 bits per heavy atom. The Morgan fingerprint density at radius 1 is 0.852 bits per heavy atom. The third kappa shape index (κ3) is 3.70. The van der Waals surface area contributed by atoms with Crippen molar-refractivity contribution < 1.29 is 4.79 Å². The van der Waals surface area contributed by atoms with Gasteiger partial charge >= 0.3 is 0 Å². The normalized spacial score (nSPS) is 10.7. The van der Waals surface area contributed by atoms with Crippen LogP contribution in [-0.2, 0) is 6.54 Å². The molecule has 27 heavy (non-hydrogen) atoms. The molecule has 0 saturated carbocycles. The monoisotopic (exact) mass is 353 g/mol. The maximum absolute atomic E-state index is 12.8. The van der Waals surface area contributed by atoms with Gasteiger partial charge in [0, 0.05) is 16.7 Å². The third-order valence-electron chi connectivity index (χ3n) is 4.37. The zero-order chi connectivity index (χ0) is 18.6. The van der Waals surface area contributed by atoms with E-state index in [1.54, 1.807) is 4.68 Å². The summed E-state index contributed by atoms with van der Waals surface area (Å²) >= 11 is 0. The van der Waals surface area contributed by atoms with Crippen molar-refractivity contribution in [2.45, 2.75) is 13.5 Å². The molecule has 4 aromatic rings. The lowest BCUT2D eigenvalue weighted by atomic mass is 10.1. The first-order valence-electron chi connectivity index (χ1n) is 8.86. The average Bonchev–Trinajstić information content (AvgIpc) is 3.13. The summed E-state index contributed by atoms with van der Waals surface area (Å²) in [5, 5.41) is 4.63. The lowest BCUT2D eigenvalue weighted by molar-refractivity contribution is 0.0968. The largest absolute Gasteiger partial charge is 0.292 e. The van der Waals surface area contributed by atoms with E-state index in [1.165, 1.54) is 0 Å². The number of aryl methyl sites for hydroxylation is 1. The Kier molecular flexibility index (Phi) is 4.62. The summed E-state index contributed by atoms with van der Waals surface area (Å²) in [7, 11) is 0. The molecule has 0 atom stereocenters. The van der Waals surface area contributed by atoms with E-state index < -0.39 is 0 Å². The molecule has 0 aliphatic rings. The molecule has 3 aromatic carbocycles. The standard InChI is InChI=1S/C23H19N3O/c1-17-9-8-14-20(15-17)21(27)16-26-23(19-12-6-3-7-13-19)24-22(25-26)18-10-4-2-5-11-18/h2-15H,16H2,1H3. The van der Waals surface area contributed by atoms with Crippen LogP contribution in [0.4, 0.5) is 0 Å². The van der Waals surface area contributed by atoms with E-state index in [2.05, 4.69) is 5.10 Å². The fraction of sp³-hybridized carbons (Fsp3) is 0.0870. The molecule has 4 rings (SSSR count). The highest BCUT2D eigenvalue weighted by atomic mass is 16.1. The summed E-state index contributed by atoms with van der Waals surface area (Å²) < 4.78 is 1.70. The summed E-state index contributed by atoms with van der Waals surface area (Å²) in [6, 6.07) is 27.3. The van der Waals surface area contributed by atoms with E-state index in [9.17, 15) is 4.79 Å². The second kappa shape index (κ2) is 7.38. The van der Waals surface area contributed by atoms with E-state index in [1.807, 2.05) is 91.9 Å². The van der Waals surface area contributed by atoms with Crippen molar-refractivity contribution >= 4 is 5.78 Å². The fourth-order valence-electron chi connectivity index (χ4n) is 3.01. The Labute approximate surface area is 158 Å². The van der Waals surface area contributed by atoms with Gasteiger partial charge in [0.15, 0.2) is 17.4 Å². The van der Waals surface area contributed by atoms with Crippen LogP contribution in [0, 0.1) is 6.92 Å². The number of hydrogen-bond donors (Lipinski definition) is 0. The van der Waals surface area contributed by atoms with Gasteiger partial charge in [-0.3, -0.25) is 4.79 Å². The van der Waals surface area contributed by atoms with Crippen LogP contribution in [0.1, 0.15) is 15.9 Å². The molecule has 1 aromatic heterocycles. The third-order valence-corrected chi connectivity index (χ3v) is 4.37. The van der Waals surface area contributed by atoms with E-state index in [0.717, 1.165) is 16.7 Å². The maximum Gasteiger partial charge on any atom is 0.184 e. The topological polar surface area (TPSA) is 47.8 Å². The highest BCUT2D eigenvalue weighted by Crippen LogP contribution is 2.22. The molecule has 1 heterocycles. The molecule has 0 unspecified atom stereocenters. The Morgan fingerprint density at radius 3 is 2.19 bits per heavy atom. The van der Waals surface area contributed by atoms with Gasteiger partial charge in [0.1, 0.15) is 6.54 Å². The number of Topliss-reactive ketones (excluding diaryl/α,β-unsaturated/α-hetero) is 1. The van der Waals surface area contributed by atoms with Crippen LogP contribution >= 0.6 is 0 Å². The molecule has 0 spiro atoms. The van der Waals surface area contributed by atoms with Gasteiger partial charge in [0.25, 0.3) is 0 Å². The van der Waals surface area contributed by atoms with Gasteiger partial charge in [0.2, 0.25) is 0 Å². The molecule has 0 bridgehead atoms. The van der Waals surface area contributed by atoms with Crippen molar-refractivity contribution in [1.82, 2.24) is 14.8 Å². The Bertz CT molecular complexity index is 1070. The quantitative estimate of drug-likeness (QED) is 0.484. The van der Waals surface area contributed by atoms with Crippen molar-refractivity contribution in [3.05, 3.63) is 96.1 Å². The first-order valence-corrected chi connectivity index (χ1v) is 8.86. The number of rotatable bonds is 5. The van der Waals surface area contributed by atoms with E-state index in [4.69, 9.17) is 4.98 Å². The van der Waals surface area contributed by atoms with Gasteiger partial charge in [-0.1, -0.05) is 84.4 Å². The SMILES string of the molecule is Cc1cccc(C(=O)Cn2nc(-c3ccccc3)nc2-c2ccccc2)c1. The number of carbonyl (C=O) groups excluding carboxylic acids is 1. The number of hydrogen-bond acceptors (Lipinski definition) is 3. The van der Waals surface area contributed by atoms with Gasteiger partial charge < -0.3 is 0 Å². The summed E-state index contributed by atoms with van der Waals surface area (Å²) in [6.07, 6.45) is 0. The second-order valence-electron chi connectivity index (χ2n) is 6.44. The second-order valence-corrected chi connectivity index (χ2v) is 6.44. The van der Waals surface area contributed by atoms with Crippen LogP contribution < -0.4 is 0 Å². The molecule has 0 radical (unpaired) electrons. The zero-order valence-electron chi connectivity index (χ0n) is 15.0. The fourth-order valence-corrected chi connectivity index (χ4v) is 3.01. The van der Waals surface area contributed by atoms with Gasteiger partial charge in [-0.2, -0.15) is 0 Å². The molecule has 132 valence electrons. The molecular formula is C23H19N3O. The summed E-state index contributed by atoms with van der Waals surface area (Å²) in [6.45, 7) is 2.13. The van der Waals surface area contributed by atoms with Gasteiger partial charge in [-0.05, 0) is 13.0 Å². The summed E-state index contributed by atoms with van der Waals surface area (Å²) in [5.41, 5.74) is 3.61. The summed E-state index contributed by atoms with van der Waals surface area (Å²) in [5.74, 6) is 1.32. The van der Waals surface area contributed by atoms with Crippen LogP contribution in [-0.4, -0.2) is 20.5 Å². The van der Waals surface area contributed by atoms with Crippen molar-refractivity contribution in [1.29, 1.82) is 0 Å². The Hall–Kier alpha value is -3.53. The first kappa shape index (κ1) is 16.9. The molecule has 0 aliphatic carbocycles. The van der Waals surface area contributed by atoms with Gasteiger partial charge in [-0.25, -0.2) is 9.67 Å². The van der Waals surface area contributed by atoms with E-state index in [0.29, 0.717) is 17.2 Å².